The standard InChI is InChI=1S/C32H40N2O5/c1-5-24(2)33-32(36)30(22-25-11-7-6-8-12-25)34(23-26-13-9-14-29(21-26)38-4)31(35)15-10-20-39-28-18-16-27(37-3)17-19-28/h6-9,11-14,16-19,21,24,30H,5,10,15,20,22-23H2,1-4H3,(H,33,36)/t24-,30+/m0/s1. The molecule has 0 saturated heterocycles. The lowest BCUT2D eigenvalue weighted by Crippen LogP contribution is -2.52. The van der Waals surface area contributed by atoms with Crippen LogP contribution in [0.25, 0.3) is 0 Å². The Balaban J connectivity index is 1.80. The molecule has 0 bridgehead atoms. The molecule has 0 radical (unpaired) electrons. The van der Waals surface area contributed by atoms with Crippen LogP contribution < -0.4 is 19.5 Å². The second-order valence-electron chi connectivity index (χ2n) is 9.52. The van der Waals surface area contributed by atoms with Gasteiger partial charge in [-0.2, -0.15) is 0 Å². The molecule has 208 valence electrons. The van der Waals surface area contributed by atoms with Crippen molar-refractivity contribution >= 4 is 11.8 Å². The predicted octanol–water partition coefficient (Wildman–Crippen LogP) is 5.42. The van der Waals surface area contributed by atoms with Gasteiger partial charge in [-0.25, -0.2) is 0 Å². The zero-order valence-corrected chi connectivity index (χ0v) is 23.4. The number of hydrogen-bond acceptors (Lipinski definition) is 5. The summed E-state index contributed by atoms with van der Waals surface area (Å²) in [6.45, 7) is 4.68. The molecule has 39 heavy (non-hydrogen) atoms. The average Bonchev–Trinajstić information content (AvgIpc) is 2.97. The SMILES string of the molecule is CC[C@H](C)NC(=O)[C@@H](Cc1ccccc1)N(Cc1cccc(OC)c1)C(=O)CCCOc1ccc(OC)cc1. The van der Waals surface area contributed by atoms with Crippen LogP contribution in [-0.2, 0) is 22.6 Å². The fourth-order valence-corrected chi connectivity index (χ4v) is 4.19. The topological polar surface area (TPSA) is 77.1 Å². The van der Waals surface area contributed by atoms with Gasteiger partial charge in [0.2, 0.25) is 11.8 Å². The fraction of sp³-hybridized carbons (Fsp3) is 0.375. The van der Waals surface area contributed by atoms with Crippen molar-refractivity contribution in [1.29, 1.82) is 0 Å². The lowest BCUT2D eigenvalue weighted by molar-refractivity contribution is -0.141. The van der Waals surface area contributed by atoms with E-state index in [0.717, 1.165) is 23.3 Å². The minimum absolute atomic E-state index is 0.00226. The molecule has 0 spiro atoms. The van der Waals surface area contributed by atoms with E-state index in [9.17, 15) is 9.59 Å². The Labute approximate surface area is 232 Å². The third-order valence-electron chi connectivity index (χ3n) is 6.62. The summed E-state index contributed by atoms with van der Waals surface area (Å²) in [5, 5.41) is 3.10. The molecule has 3 aromatic carbocycles. The molecule has 7 heteroatoms. The molecular formula is C32H40N2O5. The first-order valence-electron chi connectivity index (χ1n) is 13.5. The van der Waals surface area contributed by atoms with E-state index in [0.29, 0.717) is 37.5 Å². The van der Waals surface area contributed by atoms with Crippen molar-refractivity contribution in [3.63, 3.8) is 0 Å². The van der Waals surface area contributed by atoms with Crippen molar-refractivity contribution in [2.75, 3.05) is 20.8 Å². The van der Waals surface area contributed by atoms with Gasteiger partial charge in [-0.05, 0) is 67.3 Å². The maximum atomic E-state index is 13.7. The van der Waals surface area contributed by atoms with Crippen LogP contribution in [0, 0.1) is 0 Å². The smallest absolute Gasteiger partial charge is 0.243 e. The predicted molar refractivity (Wildman–Crippen MR) is 153 cm³/mol. The zero-order valence-electron chi connectivity index (χ0n) is 23.4. The van der Waals surface area contributed by atoms with Crippen molar-refractivity contribution in [2.24, 2.45) is 0 Å². The van der Waals surface area contributed by atoms with Crippen LogP contribution in [0.4, 0.5) is 0 Å². The summed E-state index contributed by atoms with van der Waals surface area (Å²) in [6.07, 6.45) is 1.99. The van der Waals surface area contributed by atoms with E-state index in [1.54, 1.807) is 19.1 Å². The van der Waals surface area contributed by atoms with Crippen LogP contribution in [0.3, 0.4) is 0 Å². The lowest BCUT2D eigenvalue weighted by atomic mass is 10.0. The third-order valence-corrected chi connectivity index (χ3v) is 6.62. The van der Waals surface area contributed by atoms with E-state index in [1.165, 1.54) is 0 Å². The lowest BCUT2D eigenvalue weighted by Gasteiger charge is -2.32. The molecule has 0 unspecified atom stereocenters. The molecule has 0 fully saturated rings. The van der Waals surface area contributed by atoms with Gasteiger partial charge < -0.3 is 24.4 Å². The highest BCUT2D eigenvalue weighted by molar-refractivity contribution is 5.88. The van der Waals surface area contributed by atoms with E-state index in [4.69, 9.17) is 14.2 Å². The molecule has 0 heterocycles. The molecular weight excluding hydrogens is 492 g/mol. The Morgan fingerprint density at radius 3 is 2.18 bits per heavy atom. The van der Waals surface area contributed by atoms with Crippen LogP contribution in [0.15, 0.2) is 78.9 Å². The van der Waals surface area contributed by atoms with E-state index in [1.807, 2.05) is 92.7 Å². The van der Waals surface area contributed by atoms with Gasteiger partial charge in [0.1, 0.15) is 23.3 Å². The highest BCUT2D eigenvalue weighted by Crippen LogP contribution is 2.21. The number of amides is 2. The maximum Gasteiger partial charge on any atom is 0.243 e. The zero-order chi connectivity index (χ0) is 28.0. The van der Waals surface area contributed by atoms with Gasteiger partial charge in [0.25, 0.3) is 0 Å². The molecule has 0 saturated carbocycles. The minimum Gasteiger partial charge on any atom is -0.497 e. The summed E-state index contributed by atoms with van der Waals surface area (Å²) in [5.41, 5.74) is 1.89. The molecule has 0 aliphatic rings. The summed E-state index contributed by atoms with van der Waals surface area (Å²) in [6, 6.07) is 24.1. The number of carbonyl (C=O) groups is 2. The Kier molecular flexibility index (Phi) is 11.7. The number of benzene rings is 3. The van der Waals surface area contributed by atoms with Gasteiger partial charge >= 0.3 is 0 Å². The van der Waals surface area contributed by atoms with E-state index < -0.39 is 6.04 Å². The summed E-state index contributed by atoms with van der Waals surface area (Å²) in [4.78, 5) is 29.0. The van der Waals surface area contributed by atoms with Crippen LogP contribution in [0.1, 0.15) is 44.2 Å². The summed E-state index contributed by atoms with van der Waals surface area (Å²) >= 11 is 0. The van der Waals surface area contributed by atoms with Crippen molar-refractivity contribution in [3.05, 3.63) is 90.0 Å². The number of methoxy groups -OCH3 is 2. The maximum absolute atomic E-state index is 13.7. The normalized spacial score (nSPS) is 12.2. The highest BCUT2D eigenvalue weighted by Gasteiger charge is 2.30. The van der Waals surface area contributed by atoms with Gasteiger partial charge in [0.05, 0.1) is 20.8 Å². The number of ether oxygens (including phenoxy) is 3. The van der Waals surface area contributed by atoms with Crippen LogP contribution >= 0.6 is 0 Å². The summed E-state index contributed by atoms with van der Waals surface area (Å²) in [7, 11) is 3.23. The Hall–Kier alpha value is -4.00. The molecule has 2 amide bonds. The average molecular weight is 533 g/mol. The molecule has 7 nitrogen and oxygen atoms in total. The first kappa shape index (κ1) is 29.6. The first-order chi connectivity index (χ1) is 18.9. The number of nitrogens with zero attached hydrogens (tertiary/aromatic N) is 1. The van der Waals surface area contributed by atoms with E-state index in [-0.39, 0.29) is 24.3 Å². The molecule has 2 atom stereocenters. The van der Waals surface area contributed by atoms with Crippen LogP contribution in [-0.4, -0.2) is 49.6 Å². The Morgan fingerprint density at radius 1 is 0.846 bits per heavy atom. The van der Waals surface area contributed by atoms with Crippen molar-refractivity contribution < 1.29 is 23.8 Å². The van der Waals surface area contributed by atoms with Gasteiger partial charge in [-0.1, -0.05) is 49.4 Å². The minimum atomic E-state index is -0.664. The number of hydrogen-bond donors (Lipinski definition) is 1. The van der Waals surface area contributed by atoms with Crippen molar-refractivity contribution in [2.45, 2.75) is 58.2 Å². The van der Waals surface area contributed by atoms with Crippen molar-refractivity contribution in [3.8, 4) is 17.2 Å². The van der Waals surface area contributed by atoms with Gasteiger partial charge in [0, 0.05) is 25.4 Å². The van der Waals surface area contributed by atoms with Crippen molar-refractivity contribution in [1.82, 2.24) is 10.2 Å². The van der Waals surface area contributed by atoms with Gasteiger partial charge in [-0.15, -0.1) is 0 Å². The Bertz CT molecular complexity index is 1170. The molecule has 3 aromatic rings. The van der Waals surface area contributed by atoms with E-state index >= 15 is 0 Å². The highest BCUT2D eigenvalue weighted by atomic mass is 16.5. The first-order valence-corrected chi connectivity index (χ1v) is 13.5. The molecule has 0 aliphatic heterocycles. The monoisotopic (exact) mass is 532 g/mol. The number of carbonyl (C=O) groups excluding carboxylic acids is 2. The Morgan fingerprint density at radius 2 is 1.51 bits per heavy atom. The number of nitrogens with one attached hydrogen (secondary N) is 1. The molecule has 1 N–H and O–H groups in total. The molecule has 0 aliphatic carbocycles. The van der Waals surface area contributed by atoms with Crippen LogP contribution in [0.5, 0.6) is 17.2 Å². The second kappa shape index (κ2) is 15.4. The fourth-order valence-electron chi connectivity index (χ4n) is 4.19. The summed E-state index contributed by atoms with van der Waals surface area (Å²) in [5.74, 6) is 1.92. The second-order valence-corrected chi connectivity index (χ2v) is 9.52. The van der Waals surface area contributed by atoms with E-state index in [2.05, 4.69) is 5.32 Å². The largest absolute Gasteiger partial charge is 0.497 e. The molecule has 0 aromatic heterocycles. The number of rotatable bonds is 15. The van der Waals surface area contributed by atoms with Gasteiger partial charge in [0.15, 0.2) is 0 Å². The van der Waals surface area contributed by atoms with Crippen LogP contribution in [0.2, 0.25) is 0 Å². The van der Waals surface area contributed by atoms with Gasteiger partial charge in [-0.3, -0.25) is 9.59 Å². The quantitative estimate of drug-likeness (QED) is 0.265. The third kappa shape index (κ3) is 9.36. The summed E-state index contributed by atoms with van der Waals surface area (Å²) < 4.78 is 16.4. The molecule has 3 rings (SSSR count).